The molecule has 2 N–H and O–H groups in total. The molecule has 104 valence electrons. The van der Waals surface area contributed by atoms with Crippen molar-refractivity contribution in [2.45, 2.75) is 11.8 Å². The van der Waals surface area contributed by atoms with Gasteiger partial charge in [0.1, 0.15) is 4.90 Å². The van der Waals surface area contributed by atoms with Gasteiger partial charge in [0.25, 0.3) is 10.0 Å². The maximum absolute atomic E-state index is 11.9. The first kappa shape index (κ1) is 14.0. The number of sulfonamides is 1. The van der Waals surface area contributed by atoms with Gasteiger partial charge in [-0.25, -0.2) is 8.42 Å². The Bertz CT molecular complexity index is 729. The maximum atomic E-state index is 11.9. The minimum absolute atomic E-state index is 0.0893. The van der Waals surface area contributed by atoms with E-state index < -0.39 is 10.0 Å². The van der Waals surface area contributed by atoms with Gasteiger partial charge in [0.15, 0.2) is 0 Å². The van der Waals surface area contributed by atoms with Crippen molar-refractivity contribution >= 4 is 27.8 Å². The van der Waals surface area contributed by atoms with E-state index in [0.717, 1.165) is 11.3 Å². The number of nitrogens with one attached hydrogen (secondary N) is 2. The van der Waals surface area contributed by atoms with Gasteiger partial charge in [-0.2, -0.15) is 0 Å². The number of hydrogen-bond donors (Lipinski definition) is 2. The van der Waals surface area contributed by atoms with Crippen LogP contribution >= 0.6 is 0 Å². The largest absolute Gasteiger partial charge is 0.354 e. The number of anilines is 2. The first-order chi connectivity index (χ1) is 9.53. The van der Waals surface area contributed by atoms with Crippen LogP contribution in [0, 0.1) is 6.92 Å². The Morgan fingerprint density at radius 2 is 2.05 bits per heavy atom. The van der Waals surface area contributed by atoms with Gasteiger partial charge >= 0.3 is 0 Å². The number of benzene rings is 1. The van der Waals surface area contributed by atoms with E-state index in [9.17, 15) is 13.2 Å². The van der Waals surface area contributed by atoms with Crippen molar-refractivity contribution in [1.82, 2.24) is 9.71 Å². The summed E-state index contributed by atoms with van der Waals surface area (Å²) in [7, 11) is -3.91. The third-order valence-corrected chi connectivity index (χ3v) is 3.89. The normalized spacial score (nSPS) is 10.8. The molecule has 0 unspecified atom stereocenters. The van der Waals surface area contributed by atoms with Crippen LogP contribution in [0.5, 0.6) is 0 Å². The van der Waals surface area contributed by atoms with E-state index in [1.807, 2.05) is 31.2 Å². The minimum atomic E-state index is -3.91. The number of amides is 1. The molecule has 6 nitrogen and oxygen atoms in total. The molecule has 0 spiro atoms. The van der Waals surface area contributed by atoms with E-state index in [4.69, 9.17) is 0 Å². The molecule has 0 fully saturated rings. The van der Waals surface area contributed by atoms with E-state index in [1.54, 1.807) is 4.72 Å². The smallest absolute Gasteiger partial charge is 0.267 e. The van der Waals surface area contributed by atoms with Gasteiger partial charge in [-0.3, -0.25) is 14.5 Å². The molecule has 1 amide bonds. The van der Waals surface area contributed by atoms with Gasteiger partial charge in [-0.1, -0.05) is 12.1 Å². The molecule has 0 saturated heterocycles. The lowest BCUT2D eigenvalue weighted by atomic mass is 10.2. The summed E-state index contributed by atoms with van der Waals surface area (Å²) < 4.78 is 25.6. The first-order valence-electron chi connectivity index (χ1n) is 5.76. The van der Waals surface area contributed by atoms with Crippen molar-refractivity contribution in [2.24, 2.45) is 0 Å². The van der Waals surface area contributed by atoms with Gasteiger partial charge in [0.05, 0.1) is 5.69 Å². The van der Waals surface area contributed by atoms with E-state index in [-0.39, 0.29) is 11.3 Å². The number of carbonyl (C=O) groups excluding carboxylic acids is 1. The Kier molecular flexibility index (Phi) is 3.99. The predicted octanol–water partition coefficient (Wildman–Crippen LogP) is 1.57. The lowest BCUT2D eigenvalue weighted by Crippen LogP contribution is -2.22. The fraction of sp³-hybridized carbons (Fsp3) is 0.0769. The van der Waals surface area contributed by atoms with Gasteiger partial charge in [-0.05, 0) is 30.7 Å². The summed E-state index contributed by atoms with van der Waals surface area (Å²) in [6, 6.07) is 9.02. The highest BCUT2D eigenvalue weighted by molar-refractivity contribution is 7.90. The zero-order valence-corrected chi connectivity index (χ0v) is 11.5. The van der Waals surface area contributed by atoms with E-state index >= 15 is 0 Å². The van der Waals surface area contributed by atoms with Crippen LogP contribution in [0.4, 0.5) is 11.4 Å². The van der Waals surface area contributed by atoms with Crippen LogP contribution < -0.4 is 10.0 Å². The second-order valence-corrected chi connectivity index (χ2v) is 5.79. The molecule has 0 saturated carbocycles. The summed E-state index contributed by atoms with van der Waals surface area (Å²) in [6.07, 6.45) is 2.78. The van der Waals surface area contributed by atoms with E-state index in [1.165, 1.54) is 18.5 Å². The van der Waals surface area contributed by atoms with Crippen LogP contribution in [-0.2, 0) is 14.8 Å². The molecule has 0 radical (unpaired) electrons. The Labute approximate surface area is 116 Å². The van der Waals surface area contributed by atoms with E-state index in [2.05, 4.69) is 10.3 Å². The molecule has 2 rings (SSSR count). The summed E-state index contributed by atoms with van der Waals surface area (Å²) in [5, 5.41) is 3.00. The van der Waals surface area contributed by atoms with Gasteiger partial charge in [-0.15, -0.1) is 0 Å². The standard InChI is InChI=1S/C13H13N3O3S/c1-10-3-2-4-11(7-10)16-12-5-6-14-8-13(12)20(18,19)15-9-17/h2-9H,1H3,(H,14,16)(H,15,17). The summed E-state index contributed by atoms with van der Waals surface area (Å²) in [5.41, 5.74) is 2.14. The van der Waals surface area contributed by atoms with Crippen LogP contribution in [-0.4, -0.2) is 19.8 Å². The SMILES string of the molecule is Cc1cccc(Nc2ccncc2S(=O)(=O)NC=O)c1. The Morgan fingerprint density at radius 1 is 1.25 bits per heavy atom. The Hall–Kier alpha value is -2.41. The molecule has 1 aromatic heterocycles. The van der Waals surface area contributed by atoms with Gasteiger partial charge in [0.2, 0.25) is 6.41 Å². The molecule has 1 heterocycles. The fourth-order valence-electron chi connectivity index (χ4n) is 1.70. The van der Waals surface area contributed by atoms with Crippen LogP contribution in [0.3, 0.4) is 0 Å². The number of rotatable bonds is 5. The second-order valence-electron chi connectivity index (χ2n) is 4.11. The quantitative estimate of drug-likeness (QED) is 0.816. The minimum Gasteiger partial charge on any atom is -0.354 e. The van der Waals surface area contributed by atoms with Crippen LogP contribution in [0.25, 0.3) is 0 Å². The van der Waals surface area contributed by atoms with Crippen molar-refractivity contribution in [1.29, 1.82) is 0 Å². The zero-order valence-electron chi connectivity index (χ0n) is 10.7. The maximum Gasteiger partial charge on any atom is 0.267 e. The van der Waals surface area contributed by atoms with Crippen LogP contribution in [0.2, 0.25) is 0 Å². The monoisotopic (exact) mass is 291 g/mol. The topological polar surface area (TPSA) is 88.2 Å². The fourth-order valence-corrected chi connectivity index (χ4v) is 2.56. The molecular formula is C13H13N3O3S. The molecule has 0 aliphatic heterocycles. The van der Waals surface area contributed by atoms with Gasteiger partial charge < -0.3 is 5.32 Å². The number of hydrogen-bond acceptors (Lipinski definition) is 5. The molecule has 0 atom stereocenters. The molecule has 0 aliphatic rings. The Morgan fingerprint density at radius 3 is 2.75 bits per heavy atom. The molecule has 1 aromatic carbocycles. The highest BCUT2D eigenvalue weighted by Crippen LogP contribution is 2.24. The van der Waals surface area contributed by atoms with Crippen molar-refractivity contribution < 1.29 is 13.2 Å². The zero-order chi connectivity index (χ0) is 14.6. The van der Waals surface area contributed by atoms with Crippen molar-refractivity contribution in [2.75, 3.05) is 5.32 Å². The number of nitrogens with zero attached hydrogens (tertiary/aromatic N) is 1. The number of carbonyl (C=O) groups is 1. The molecule has 2 aromatic rings. The molecular weight excluding hydrogens is 278 g/mol. The molecule has 20 heavy (non-hydrogen) atoms. The summed E-state index contributed by atoms with van der Waals surface area (Å²) in [6.45, 7) is 1.93. The highest BCUT2D eigenvalue weighted by atomic mass is 32.2. The third kappa shape index (κ3) is 3.12. The van der Waals surface area contributed by atoms with E-state index in [0.29, 0.717) is 5.69 Å². The number of pyridine rings is 1. The average molecular weight is 291 g/mol. The number of aryl methyl sites for hydroxylation is 1. The number of aromatic nitrogens is 1. The summed E-state index contributed by atoms with van der Waals surface area (Å²) >= 11 is 0. The lowest BCUT2D eigenvalue weighted by Gasteiger charge is -2.11. The molecule has 0 aliphatic carbocycles. The molecule has 7 heteroatoms. The van der Waals surface area contributed by atoms with Gasteiger partial charge in [0, 0.05) is 18.1 Å². The van der Waals surface area contributed by atoms with Crippen molar-refractivity contribution in [3.8, 4) is 0 Å². The summed E-state index contributed by atoms with van der Waals surface area (Å²) in [4.78, 5) is 14.1. The van der Waals surface area contributed by atoms with Crippen molar-refractivity contribution in [3.05, 3.63) is 48.3 Å². The van der Waals surface area contributed by atoms with Crippen LogP contribution in [0.15, 0.2) is 47.6 Å². The first-order valence-corrected chi connectivity index (χ1v) is 7.25. The van der Waals surface area contributed by atoms with Crippen LogP contribution in [0.1, 0.15) is 5.56 Å². The Balaban J connectivity index is 2.41. The van der Waals surface area contributed by atoms with Crippen molar-refractivity contribution in [3.63, 3.8) is 0 Å². The third-order valence-electron chi connectivity index (χ3n) is 2.57. The average Bonchev–Trinajstić information content (AvgIpc) is 2.39. The summed E-state index contributed by atoms with van der Waals surface area (Å²) in [5.74, 6) is 0. The highest BCUT2D eigenvalue weighted by Gasteiger charge is 2.18. The molecule has 0 bridgehead atoms. The lowest BCUT2D eigenvalue weighted by molar-refractivity contribution is -0.108. The second kappa shape index (κ2) is 5.70. The predicted molar refractivity (Wildman–Crippen MR) is 75.1 cm³/mol.